The van der Waals surface area contributed by atoms with Crippen LogP contribution in [0.25, 0.3) is 0 Å². The van der Waals surface area contributed by atoms with Gasteiger partial charge in [0.05, 0.1) is 12.7 Å². The van der Waals surface area contributed by atoms with Gasteiger partial charge in [0.25, 0.3) is 0 Å². The van der Waals surface area contributed by atoms with E-state index >= 15 is 0 Å². The zero-order valence-electron chi connectivity index (χ0n) is 10.7. The Labute approximate surface area is 107 Å². The number of nitrogens with two attached hydrogens (primary N) is 1. The lowest BCUT2D eigenvalue weighted by atomic mass is 10.2. The Balaban J connectivity index is 2.62. The molecule has 0 aliphatic rings. The first-order valence-electron chi connectivity index (χ1n) is 5.70. The summed E-state index contributed by atoms with van der Waals surface area (Å²) >= 11 is 0. The second-order valence-electron chi connectivity index (χ2n) is 4.14. The van der Waals surface area contributed by atoms with E-state index in [2.05, 4.69) is 9.82 Å². The van der Waals surface area contributed by atoms with Crippen molar-refractivity contribution in [3.63, 3.8) is 0 Å². The molecule has 1 heterocycles. The van der Waals surface area contributed by atoms with Crippen LogP contribution >= 0.6 is 0 Å². The highest BCUT2D eigenvalue weighted by molar-refractivity contribution is 7.89. The van der Waals surface area contributed by atoms with Gasteiger partial charge in [0, 0.05) is 33.0 Å². The fourth-order valence-corrected chi connectivity index (χ4v) is 2.53. The van der Waals surface area contributed by atoms with Crippen molar-refractivity contribution < 1.29 is 13.2 Å². The highest BCUT2D eigenvalue weighted by Gasteiger charge is 2.17. The molecule has 0 saturated carbocycles. The van der Waals surface area contributed by atoms with Crippen molar-refractivity contribution in [2.24, 2.45) is 11.7 Å². The van der Waals surface area contributed by atoms with Crippen LogP contribution in [0.4, 0.5) is 0 Å². The van der Waals surface area contributed by atoms with Crippen molar-refractivity contribution in [1.82, 2.24) is 14.5 Å². The third-order valence-corrected chi connectivity index (χ3v) is 3.73. The van der Waals surface area contributed by atoms with Crippen LogP contribution in [0.2, 0.25) is 0 Å². The van der Waals surface area contributed by atoms with Crippen molar-refractivity contribution in [3.8, 4) is 0 Å². The molecule has 3 N–H and O–H groups in total. The number of methoxy groups -OCH3 is 1. The molecule has 0 fully saturated rings. The Hall–Kier alpha value is -0.960. The molecule has 0 aromatic carbocycles. The first-order valence-corrected chi connectivity index (χ1v) is 7.19. The van der Waals surface area contributed by atoms with E-state index in [4.69, 9.17) is 10.5 Å². The second kappa shape index (κ2) is 6.83. The summed E-state index contributed by atoms with van der Waals surface area (Å²) in [5.74, 6) is 0.115. The highest BCUT2D eigenvalue weighted by Crippen LogP contribution is 2.07. The molecular weight excluding hydrogens is 256 g/mol. The molecule has 1 atom stereocenters. The molecule has 0 aliphatic carbocycles. The maximum atomic E-state index is 11.9. The predicted octanol–water partition coefficient (Wildman–Crippen LogP) is -0.597. The van der Waals surface area contributed by atoms with Gasteiger partial charge in [-0.25, -0.2) is 13.1 Å². The van der Waals surface area contributed by atoms with Gasteiger partial charge in [-0.2, -0.15) is 5.10 Å². The lowest BCUT2D eigenvalue weighted by molar-refractivity contribution is 0.161. The largest absolute Gasteiger partial charge is 0.384 e. The molecule has 0 saturated heterocycles. The summed E-state index contributed by atoms with van der Waals surface area (Å²) in [4.78, 5) is 0.153. The second-order valence-corrected chi connectivity index (χ2v) is 5.91. The lowest BCUT2D eigenvalue weighted by Gasteiger charge is -2.10. The van der Waals surface area contributed by atoms with E-state index in [1.165, 1.54) is 17.1 Å². The summed E-state index contributed by atoms with van der Waals surface area (Å²) in [7, 11) is -1.92. The minimum Gasteiger partial charge on any atom is -0.384 e. The number of nitrogens with one attached hydrogen (secondary N) is 1. The number of hydrogen-bond donors (Lipinski definition) is 2. The highest BCUT2D eigenvalue weighted by atomic mass is 32.2. The monoisotopic (exact) mass is 276 g/mol. The number of ether oxygens (including phenoxy) is 1. The number of sulfonamides is 1. The zero-order valence-corrected chi connectivity index (χ0v) is 11.5. The third-order valence-electron chi connectivity index (χ3n) is 2.35. The molecule has 1 unspecified atom stereocenters. The van der Waals surface area contributed by atoms with E-state index in [1.54, 1.807) is 7.11 Å². The molecule has 0 amide bonds. The molecule has 18 heavy (non-hydrogen) atoms. The van der Waals surface area contributed by atoms with Gasteiger partial charge < -0.3 is 10.5 Å². The molecule has 0 radical (unpaired) electrons. The van der Waals surface area contributed by atoms with Gasteiger partial charge in [0.15, 0.2) is 0 Å². The first-order chi connectivity index (χ1) is 8.49. The van der Waals surface area contributed by atoms with Crippen LogP contribution in [0.5, 0.6) is 0 Å². The Bertz CT molecular complexity index is 457. The van der Waals surface area contributed by atoms with Gasteiger partial charge in [-0.05, 0) is 5.92 Å². The SMILES string of the molecule is COCC(C)CNS(=O)(=O)c1cnn(CCN)c1. The molecule has 7 nitrogen and oxygen atoms in total. The topological polar surface area (TPSA) is 99.2 Å². The summed E-state index contributed by atoms with van der Waals surface area (Å²) in [6, 6.07) is 0. The van der Waals surface area contributed by atoms with E-state index < -0.39 is 10.0 Å². The Kier molecular flexibility index (Phi) is 5.73. The van der Waals surface area contributed by atoms with Crippen LogP contribution in [0.3, 0.4) is 0 Å². The van der Waals surface area contributed by atoms with Crippen LogP contribution in [0.15, 0.2) is 17.3 Å². The van der Waals surface area contributed by atoms with Gasteiger partial charge >= 0.3 is 0 Å². The molecule has 1 aromatic rings. The maximum absolute atomic E-state index is 11.9. The van der Waals surface area contributed by atoms with Gasteiger partial charge in [-0.3, -0.25) is 4.68 Å². The average molecular weight is 276 g/mol. The molecule has 1 aromatic heterocycles. The first kappa shape index (κ1) is 15.1. The van der Waals surface area contributed by atoms with E-state index in [9.17, 15) is 8.42 Å². The molecule has 0 bridgehead atoms. The maximum Gasteiger partial charge on any atom is 0.243 e. The Morgan fingerprint density at radius 1 is 1.61 bits per heavy atom. The fourth-order valence-electron chi connectivity index (χ4n) is 1.42. The molecule has 0 aliphatic heterocycles. The van der Waals surface area contributed by atoms with Gasteiger partial charge in [0.1, 0.15) is 4.90 Å². The molecule has 8 heteroatoms. The lowest BCUT2D eigenvalue weighted by Crippen LogP contribution is -2.29. The summed E-state index contributed by atoms with van der Waals surface area (Å²) in [5.41, 5.74) is 5.37. The van der Waals surface area contributed by atoms with E-state index in [1.807, 2.05) is 6.92 Å². The van der Waals surface area contributed by atoms with Crippen molar-refractivity contribution in [2.45, 2.75) is 18.4 Å². The van der Waals surface area contributed by atoms with E-state index in [0.717, 1.165) is 0 Å². The third kappa shape index (κ3) is 4.37. The minimum atomic E-state index is -3.50. The van der Waals surface area contributed by atoms with E-state index in [-0.39, 0.29) is 10.8 Å². The molecule has 104 valence electrons. The van der Waals surface area contributed by atoms with Crippen molar-refractivity contribution in [2.75, 3.05) is 26.8 Å². The number of aromatic nitrogens is 2. The molecule has 1 rings (SSSR count). The zero-order chi connectivity index (χ0) is 13.6. The number of rotatable bonds is 8. The van der Waals surface area contributed by atoms with Crippen LogP contribution in [-0.4, -0.2) is 45.0 Å². The smallest absolute Gasteiger partial charge is 0.243 e. The summed E-state index contributed by atoms with van der Waals surface area (Å²) in [6.07, 6.45) is 2.79. The quantitative estimate of drug-likeness (QED) is 0.660. The van der Waals surface area contributed by atoms with Crippen molar-refractivity contribution >= 4 is 10.0 Å². The Morgan fingerprint density at radius 2 is 2.33 bits per heavy atom. The predicted molar refractivity (Wildman–Crippen MR) is 67.5 cm³/mol. The van der Waals surface area contributed by atoms with E-state index in [0.29, 0.717) is 26.2 Å². The Morgan fingerprint density at radius 3 is 2.94 bits per heavy atom. The van der Waals surface area contributed by atoms with Crippen LogP contribution < -0.4 is 10.5 Å². The number of nitrogens with zero attached hydrogens (tertiary/aromatic N) is 2. The minimum absolute atomic E-state index is 0.115. The van der Waals surface area contributed by atoms with Crippen LogP contribution in [0.1, 0.15) is 6.92 Å². The van der Waals surface area contributed by atoms with Crippen LogP contribution in [0, 0.1) is 5.92 Å². The standard InChI is InChI=1S/C10H20N4O3S/c1-9(8-17-2)5-13-18(15,16)10-6-12-14(7-10)4-3-11/h6-7,9,13H,3-5,8,11H2,1-2H3. The number of hydrogen-bond acceptors (Lipinski definition) is 5. The molecule has 0 spiro atoms. The molecular formula is C10H20N4O3S. The summed E-state index contributed by atoms with van der Waals surface area (Å²) in [5, 5.41) is 3.93. The van der Waals surface area contributed by atoms with Gasteiger partial charge in [-0.15, -0.1) is 0 Å². The van der Waals surface area contributed by atoms with Crippen molar-refractivity contribution in [1.29, 1.82) is 0 Å². The summed E-state index contributed by atoms with van der Waals surface area (Å²) in [6.45, 7) is 3.66. The average Bonchev–Trinajstić information content (AvgIpc) is 2.77. The van der Waals surface area contributed by atoms with Gasteiger partial charge in [-0.1, -0.05) is 6.92 Å². The van der Waals surface area contributed by atoms with Crippen molar-refractivity contribution in [3.05, 3.63) is 12.4 Å². The summed E-state index contributed by atoms with van der Waals surface area (Å²) < 4.78 is 32.8. The van der Waals surface area contributed by atoms with Gasteiger partial charge in [0.2, 0.25) is 10.0 Å². The normalized spacial score (nSPS) is 13.7. The van der Waals surface area contributed by atoms with Crippen LogP contribution in [-0.2, 0) is 21.3 Å². The fraction of sp³-hybridized carbons (Fsp3) is 0.700.